The first-order valence-electron chi connectivity index (χ1n) is 43.6. The Morgan fingerprint density at radius 1 is 0.408 bits per heavy atom. The highest BCUT2D eigenvalue weighted by atomic mass is 35.5. The summed E-state index contributed by atoms with van der Waals surface area (Å²) in [5.74, 6) is -12.9. The van der Waals surface area contributed by atoms with Gasteiger partial charge < -0.3 is 59.4 Å². The molecule has 0 fully saturated rings. The van der Waals surface area contributed by atoms with Crippen molar-refractivity contribution in [1.29, 1.82) is 0 Å². The summed E-state index contributed by atoms with van der Waals surface area (Å²) in [4.78, 5) is 131. The number of amides is 3. The van der Waals surface area contributed by atoms with E-state index in [0.717, 1.165) is 113 Å². The summed E-state index contributed by atoms with van der Waals surface area (Å²) in [5, 5.41) is 10.5. The molecule has 6 aromatic carbocycles. The van der Waals surface area contributed by atoms with E-state index in [9.17, 15) is 140 Å². The molecule has 49 heteroatoms. The number of nitrogens with zero attached hydrogens (tertiary/aromatic N) is 7. The monoisotopic (exact) mass is 2130 g/mol. The van der Waals surface area contributed by atoms with Crippen molar-refractivity contribution in [1.82, 2.24) is 44.6 Å². The van der Waals surface area contributed by atoms with E-state index in [0.29, 0.717) is 30.0 Å². The Kier molecular flexibility index (Phi) is 35.3. The number of anilines is 3. The quantitative estimate of drug-likeness (QED) is 0.0181. The molecule has 0 saturated carbocycles. The van der Waals surface area contributed by atoms with Gasteiger partial charge in [-0.3, -0.25) is 43.7 Å². The Morgan fingerprint density at radius 3 is 1.04 bits per heavy atom. The molecule has 0 spiro atoms. The minimum Gasteiger partial charge on any atom is -0.467 e. The van der Waals surface area contributed by atoms with Crippen molar-refractivity contribution in [2.45, 2.75) is 160 Å². The van der Waals surface area contributed by atoms with Crippen LogP contribution in [-0.2, 0) is 87.5 Å². The van der Waals surface area contributed by atoms with Gasteiger partial charge in [0.05, 0.1) is 105 Å². The van der Waals surface area contributed by atoms with Crippen LogP contribution >= 0.6 is 23.2 Å². The van der Waals surface area contributed by atoms with Gasteiger partial charge in [-0.1, -0.05) is 86.4 Å². The smallest absolute Gasteiger partial charge is 0.417 e. The van der Waals surface area contributed by atoms with Crippen molar-refractivity contribution in [3.05, 3.63) is 277 Å². The summed E-state index contributed by atoms with van der Waals surface area (Å²) in [6, 6.07) is 9.00. The Morgan fingerprint density at radius 2 is 0.728 bits per heavy atom. The Labute approximate surface area is 828 Å². The minimum absolute atomic E-state index is 0.00260. The second-order valence-corrected chi connectivity index (χ2v) is 34.3. The van der Waals surface area contributed by atoms with Crippen LogP contribution in [0, 0.1) is 56.8 Å². The number of ether oxygens (including phenoxy) is 3. The molecule has 6 heterocycles. The molecule has 0 aliphatic carbocycles. The maximum absolute atomic E-state index is 15.2. The molecule has 0 bridgehead atoms. The maximum atomic E-state index is 15.2. The van der Waals surface area contributed by atoms with Gasteiger partial charge in [0.1, 0.15) is 70.9 Å². The first-order chi connectivity index (χ1) is 68.4. The van der Waals surface area contributed by atoms with Gasteiger partial charge in [0.25, 0.3) is 34.4 Å². The fourth-order valence-electron chi connectivity index (χ4n) is 16.3. The van der Waals surface area contributed by atoms with Crippen LogP contribution in [-0.4, -0.2) is 147 Å². The molecule has 12 aromatic rings. The second-order valence-electron chi connectivity index (χ2n) is 33.5. The van der Waals surface area contributed by atoms with Crippen molar-refractivity contribution in [3.8, 4) is 33.4 Å². The molecular weight excluding hydrogens is 2050 g/mol. The zero-order valence-corrected chi connectivity index (χ0v) is 80.9. The van der Waals surface area contributed by atoms with Crippen molar-refractivity contribution in [2.75, 3.05) is 43.9 Å². The molecule has 12 rings (SSSR count). The standard InChI is InChI=1S/C33H30Cl2F6N4O4.C33H30F8N4O4.C32H27F9N4O4/c1-6-25(33(39,40)41)45(4)18-14-22(34)27(23(35)15-18)29(46)43-24(31(48)49-5)13-17-9-10-20(28-19(17)8-7-11-42-28)26-21(32(36,37)38)12-16(2)44(3)30(26)47;1-6-25(33(39,40)41)43-19-9-15(2)26(23(35)13-19)29(46)44-24(31(48)49-5)11-17-7-8-20(28-21(17)12-18(34)14-42-28)27-22(32(36,37)38)10-16(3)45(4)30(27)47;1-5-24(32(39,40)41)43-17-11-21(34)26(22(35)12-17)28(46)44-23(30(48)49-4)9-15-6-7-18(27-19(15)10-16(33)13-42-27)25-20(31(36,37)38)8-14(2)45(3)29(25)47/h7-12,14-15,24-25H,6,13H2,1-5H3,(H,43,46);7-10,12-14,24-25,43H,6,11H2,1-5H3,(H,44,46);6-8,10-13,23-24,43H,5,9H2,1-4H3,(H,44,46)/t2*24-,25+;23-,24+/m000/s1. The number of fused-ring (bicyclic) bond motifs is 3. The first-order valence-corrected chi connectivity index (χ1v) is 44.4. The van der Waals surface area contributed by atoms with E-state index < -0.39 is 224 Å². The molecule has 0 radical (unpaired) electrons. The number of aryl methyl sites for hydroxylation is 4. The summed E-state index contributed by atoms with van der Waals surface area (Å²) >= 11 is 12.7. The van der Waals surface area contributed by atoms with Crippen LogP contribution in [0.3, 0.4) is 0 Å². The second kappa shape index (κ2) is 45.3. The number of alkyl halides is 18. The van der Waals surface area contributed by atoms with E-state index >= 15 is 4.39 Å². The number of carbonyl (C=O) groups excluding carboxylic acids is 6. The van der Waals surface area contributed by atoms with Gasteiger partial charge in [-0.2, -0.15) is 79.0 Å². The number of hydrogen-bond acceptors (Lipinski definition) is 18. The summed E-state index contributed by atoms with van der Waals surface area (Å²) < 4.78 is 338. The van der Waals surface area contributed by atoms with Crippen LogP contribution < -0.4 is 48.2 Å². The van der Waals surface area contributed by atoms with Gasteiger partial charge in [0, 0.05) is 121 Å². The highest BCUT2D eigenvalue weighted by Crippen LogP contribution is 2.45. The van der Waals surface area contributed by atoms with Crippen molar-refractivity contribution in [2.24, 2.45) is 21.1 Å². The third-order valence-electron chi connectivity index (χ3n) is 24.0. The van der Waals surface area contributed by atoms with Gasteiger partial charge >= 0.3 is 55.0 Å². The molecule has 0 saturated heterocycles. The Bertz CT molecular complexity index is 6960. The molecule has 786 valence electrons. The molecule has 0 aliphatic rings. The van der Waals surface area contributed by atoms with Gasteiger partial charge in [0.2, 0.25) is 0 Å². The maximum Gasteiger partial charge on any atom is 0.417 e. The number of methoxy groups -OCH3 is 3. The molecule has 24 nitrogen and oxygen atoms in total. The van der Waals surface area contributed by atoms with Crippen molar-refractivity contribution < 1.29 is 144 Å². The number of hydrogen-bond donors (Lipinski definition) is 5. The zero-order chi connectivity index (χ0) is 110. The predicted molar refractivity (Wildman–Crippen MR) is 497 cm³/mol. The molecule has 147 heavy (non-hydrogen) atoms. The van der Waals surface area contributed by atoms with Crippen molar-refractivity contribution >= 4 is 109 Å². The zero-order valence-electron chi connectivity index (χ0n) is 79.4. The molecular formula is C98H87Cl2F23N12O12. The molecule has 6 aromatic heterocycles. The predicted octanol–water partition coefficient (Wildman–Crippen LogP) is 20.9. The van der Waals surface area contributed by atoms with Crippen LogP contribution in [0.15, 0.2) is 148 Å². The number of benzene rings is 6. The highest BCUT2D eigenvalue weighted by molar-refractivity contribution is 6.40. The summed E-state index contributed by atoms with van der Waals surface area (Å²) in [5.41, 5.74) is -12.3. The summed E-state index contributed by atoms with van der Waals surface area (Å²) in [7, 11) is 8.09. The van der Waals surface area contributed by atoms with Crippen molar-refractivity contribution in [3.63, 3.8) is 0 Å². The summed E-state index contributed by atoms with van der Waals surface area (Å²) in [6.45, 7) is 9.12. The fourth-order valence-corrected chi connectivity index (χ4v) is 16.9. The third kappa shape index (κ3) is 25.6. The SMILES string of the molecule is CC[C@@H](N(C)c1cc(Cl)c(C(=O)N[C@@H](Cc2ccc(-c3c(C(F)(F)F)cc(C)n(C)c3=O)c3ncccc23)C(=O)OC)c(Cl)c1)C(F)(F)F.CC[C@@H](Nc1cc(C)c(C(=O)N[C@@H](Cc2ccc(-c3c(C(F)(F)F)cc(C)n(C)c3=O)c3ncc(F)cc23)C(=O)OC)c(F)c1)C(F)(F)F.CC[C@@H](Nc1cc(F)c(C(=O)N[C@@H](Cc2ccc(-c3c(C(F)(F)F)cc(C)n(C)c3=O)c3ncc(F)cc23)C(=O)OC)c(F)c1)C(F)(F)F. The van der Waals surface area contributed by atoms with Crippen LogP contribution in [0.4, 0.5) is 118 Å². The summed E-state index contributed by atoms with van der Waals surface area (Å²) in [6.07, 6.45) is -28.3. The van der Waals surface area contributed by atoms with Crippen LogP contribution in [0.2, 0.25) is 10.0 Å². The first kappa shape index (κ1) is 115. The number of halogens is 25. The lowest BCUT2D eigenvalue weighted by Crippen LogP contribution is -2.44. The molecule has 0 unspecified atom stereocenters. The lowest BCUT2D eigenvalue weighted by molar-refractivity contribution is -0.148. The van der Waals surface area contributed by atoms with E-state index in [4.69, 9.17) is 37.4 Å². The van der Waals surface area contributed by atoms with Gasteiger partial charge in [-0.15, -0.1) is 0 Å². The lowest BCUT2D eigenvalue weighted by atomic mass is 9.93. The van der Waals surface area contributed by atoms with Gasteiger partial charge in [-0.25, -0.2) is 36.3 Å². The van der Waals surface area contributed by atoms with Crippen LogP contribution in [0.1, 0.15) is 127 Å². The number of pyridine rings is 6. The number of rotatable bonds is 27. The minimum atomic E-state index is -4.98. The number of nitrogens with one attached hydrogen (secondary N) is 5. The molecule has 6 atom stereocenters. The fraction of sp³-hybridized carbons (Fsp3) is 0.327. The lowest BCUT2D eigenvalue weighted by Gasteiger charge is -2.31. The highest BCUT2D eigenvalue weighted by Gasteiger charge is 2.46. The van der Waals surface area contributed by atoms with Gasteiger partial charge in [0.15, 0.2) is 0 Å². The Hall–Kier alpha value is -14.4. The van der Waals surface area contributed by atoms with E-state index in [1.54, 1.807) is 0 Å². The molecule has 3 amide bonds. The molecule has 0 aliphatic heterocycles. The van der Waals surface area contributed by atoms with E-state index in [1.165, 1.54) is 113 Å². The van der Waals surface area contributed by atoms with Gasteiger partial charge in [-0.05, 0) is 142 Å². The van der Waals surface area contributed by atoms with E-state index in [2.05, 4.69) is 36.2 Å². The topological polar surface area (TPSA) is 298 Å². The normalized spacial score (nSPS) is 13.2. The molecule has 5 N–H and O–H groups in total. The average molecular weight is 2130 g/mol. The van der Waals surface area contributed by atoms with E-state index in [1.807, 2.05) is 5.32 Å². The number of esters is 3. The van der Waals surface area contributed by atoms with Crippen LogP contribution in [0.5, 0.6) is 0 Å². The third-order valence-corrected chi connectivity index (χ3v) is 24.6. The average Bonchev–Trinajstić information content (AvgIpc) is 0.755. The largest absolute Gasteiger partial charge is 0.467 e. The Balaban J connectivity index is 0.000000226. The van der Waals surface area contributed by atoms with Crippen LogP contribution in [0.25, 0.3) is 66.1 Å². The van der Waals surface area contributed by atoms with E-state index in [-0.39, 0.29) is 129 Å². The number of aromatic nitrogens is 6. The number of carbonyl (C=O) groups is 6.